The molecule has 2 heterocycles. The molecule has 0 aromatic carbocycles. The molecule has 21 heavy (non-hydrogen) atoms. The lowest BCUT2D eigenvalue weighted by atomic mass is 10.0. The largest absolute Gasteiger partial charge is 0.258 e. The summed E-state index contributed by atoms with van der Waals surface area (Å²) in [6, 6.07) is 4.04. The fourth-order valence-corrected chi connectivity index (χ4v) is 3.86. The molecular formula is C16H17ClIN3. The summed E-state index contributed by atoms with van der Waals surface area (Å²) in [5, 5.41) is 0.564. The smallest absolute Gasteiger partial charge is 0.161 e. The lowest BCUT2D eigenvalue weighted by Crippen LogP contribution is -2.05. The van der Waals surface area contributed by atoms with Crippen LogP contribution in [0, 0.1) is 17.4 Å². The molecule has 5 heteroatoms. The van der Waals surface area contributed by atoms with Crippen LogP contribution in [0.25, 0.3) is 11.4 Å². The average molecular weight is 414 g/mol. The van der Waals surface area contributed by atoms with Gasteiger partial charge in [-0.2, -0.15) is 0 Å². The van der Waals surface area contributed by atoms with Crippen molar-refractivity contribution in [3.8, 4) is 11.4 Å². The van der Waals surface area contributed by atoms with Gasteiger partial charge in [-0.3, -0.25) is 4.98 Å². The molecule has 3 rings (SSSR count). The number of halogens is 2. The van der Waals surface area contributed by atoms with Crippen LogP contribution in [0.3, 0.4) is 0 Å². The summed E-state index contributed by atoms with van der Waals surface area (Å²) >= 11 is 8.63. The minimum Gasteiger partial charge on any atom is -0.258 e. The molecule has 0 atom stereocenters. The van der Waals surface area contributed by atoms with E-state index in [-0.39, 0.29) is 0 Å². The van der Waals surface area contributed by atoms with Crippen molar-refractivity contribution in [3.05, 3.63) is 37.9 Å². The molecular weight excluding hydrogens is 397 g/mol. The Bertz CT molecular complexity index is 661. The number of hydrogen-bond donors (Lipinski definition) is 0. The summed E-state index contributed by atoms with van der Waals surface area (Å²) < 4.78 is 1.01. The highest BCUT2D eigenvalue weighted by Crippen LogP contribution is 2.37. The van der Waals surface area contributed by atoms with E-state index in [1.54, 1.807) is 0 Å². The van der Waals surface area contributed by atoms with Crippen LogP contribution in [0.15, 0.2) is 12.1 Å². The van der Waals surface area contributed by atoms with Crippen molar-refractivity contribution < 1.29 is 0 Å². The molecule has 110 valence electrons. The Morgan fingerprint density at radius 2 is 1.67 bits per heavy atom. The van der Waals surface area contributed by atoms with Crippen molar-refractivity contribution >= 4 is 34.2 Å². The van der Waals surface area contributed by atoms with E-state index in [9.17, 15) is 0 Å². The van der Waals surface area contributed by atoms with Gasteiger partial charge in [0.1, 0.15) is 5.15 Å². The third kappa shape index (κ3) is 3.21. The monoisotopic (exact) mass is 413 g/mol. The molecule has 0 saturated heterocycles. The highest BCUT2D eigenvalue weighted by Gasteiger charge is 2.23. The summed E-state index contributed by atoms with van der Waals surface area (Å²) in [5.74, 6) is 1.25. The molecule has 2 aromatic rings. The van der Waals surface area contributed by atoms with Crippen molar-refractivity contribution in [3.63, 3.8) is 0 Å². The predicted molar refractivity (Wildman–Crippen MR) is 93.7 cm³/mol. The van der Waals surface area contributed by atoms with Gasteiger partial charge >= 0.3 is 0 Å². The van der Waals surface area contributed by atoms with Gasteiger partial charge in [0.2, 0.25) is 0 Å². The maximum absolute atomic E-state index is 6.35. The van der Waals surface area contributed by atoms with Gasteiger partial charge in [-0.1, -0.05) is 24.4 Å². The van der Waals surface area contributed by atoms with Crippen LogP contribution in [-0.4, -0.2) is 15.0 Å². The summed E-state index contributed by atoms with van der Waals surface area (Å²) in [5.41, 5.74) is 4.07. The first-order valence-corrected chi connectivity index (χ1v) is 8.69. The molecule has 0 N–H and O–H groups in total. The Kier molecular flexibility index (Phi) is 4.45. The number of rotatable bonds is 2. The molecule has 1 aliphatic carbocycles. The first-order chi connectivity index (χ1) is 10.0. The number of hydrogen-bond acceptors (Lipinski definition) is 3. The number of pyridine rings is 1. The van der Waals surface area contributed by atoms with Gasteiger partial charge in [0.25, 0.3) is 0 Å². The van der Waals surface area contributed by atoms with Gasteiger partial charge in [-0.25, -0.2) is 9.97 Å². The second-order valence-corrected chi connectivity index (χ2v) is 7.09. The second-order valence-electron chi connectivity index (χ2n) is 5.66. The van der Waals surface area contributed by atoms with Gasteiger partial charge < -0.3 is 0 Å². The van der Waals surface area contributed by atoms with Crippen molar-refractivity contribution in [2.45, 2.75) is 45.4 Å². The summed E-state index contributed by atoms with van der Waals surface area (Å²) in [7, 11) is 0. The lowest BCUT2D eigenvalue weighted by molar-refractivity contribution is 0.690. The van der Waals surface area contributed by atoms with Gasteiger partial charge in [-0.15, -0.1) is 0 Å². The molecule has 0 bridgehead atoms. The standard InChI is InChI=1S/C16H17ClIN3/c1-9-7-12(8-10(2)19-9)16-20-14(11-5-3-4-6-11)13(18)15(17)21-16/h7-8,11H,3-6H2,1-2H3. The molecule has 1 aliphatic rings. The van der Waals surface area contributed by atoms with Crippen LogP contribution in [0.1, 0.15) is 48.7 Å². The van der Waals surface area contributed by atoms with Crippen LogP contribution < -0.4 is 0 Å². The van der Waals surface area contributed by atoms with Crippen LogP contribution in [-0.2, 0) is 0 Å². The number of aromatic nitrogens is 3. The second kappa shape index (κ2) is 6.16. The van der Waals surface area contributed by atoms with Crippen molar-refractivity contribution in [2.75, 3.05) is 0 Å². The highest BCUT2D eigenvalue weighted by molar-refractivity contribution is 14.1. The minimum atomic E-state index is 0.528. The molecule has 0 spiro atoms. The molecule has 0 amide bonds. The molecule has 3 nitrogen and oxygen atoms in total. The zero-order chi connectivity index (χ0) is 15.0. The Balaban J connectivity index is 2.10. The fourth-order valence-electron chi connectivity index (χ4n) is 3.00. The summed E-state index contributed by atoms with van der Waals surface area (Å²) in [6.07, 6.45) is 4.98. The third-order valence-electron chi connectivity index (χ3n) is 3.92. The van der Waals surface area contributed by atoms with E-state index < -0.39 is 0 Å². The number of nitrogens with zero attached hydrogens (tertiary/aromatic N) is 3. The molecule has 1 fully saturated rings. The zero-order valence-electron chi connectivity index (χ0n) is 12.2. The first-order valence-electron chi connectivity index (χ1n) is 7.23. The quantitative estimate of drug-likeness (QED) is 0.509. The van der Waals surface area contributed by atoms with Crippen molar-refractivity contribution in [2.24, 2.45) is 0 Å². The highest BCUT2D eigenvalue weighted by atomic mass is 127. The van der Waals surface area contributed by atoms with E-state index in [4.69, 9.17) is 16.6 Å². The summed E-state index contributed by atoms with van der Waals surface area (Å²) in [6.45, 7) is 3.98. The third-order valence-corrected chi connectivity index (χ3v) is 5.57. The van der Waals surface area contributed by atoms with Crippen molar-refractivity contribution in [1.82, 2.24) is 15.0 Å². The Hall–Kier alpha value is -0.750. The fraction of sp³-hybridized carbons (Fsp3) is 0.438. The maximum atomic E-state index is 6.35. The van der Waals surface area contributed by atoms with Gasteiger partial charge in [-0.05, 0) is 61.4 Å². The molecule has 0 aliphatic heterocycles. The van der Waals surface area contributed by atoms with Crippen LogP contribution in [0.2, 0.25) is 5.15 Å². The topological polar surface area (TPSA) is 38.7 Å². The van der Waals surface area contributed by atoms with E-state index in [0.29, 0.717) is 11.1 Å². The number of aryl methyl sites for hydroxylation is 2. The Morgan fingerprint density at radius 1 is 1.05 bits per heavy atom. The Morgan fingerprint density at radius 3 is 2.29 bits per heavy atom. The van der Waals surface area contributed by atoms with E-state index in [2.05, 4.69) is 32.6 Å². The van der Waals surface area contributed by atoms with E-state index in [1.165, 1.54) is 25.7 Å². The molecule has 0 radical (unpaired) electrons. The molecule has 2 aromatic heterocycles. The van der Waals surface area contributed by atoms with Gasteiger partial charge in [0, 0.05) is 22.9 Å². The molecule has 1 saturated carbocycles. The zero-order valence-corrected chi connectivity index (χ0v) is 15.1. The van der Waals surface area contributed by atoms with Crippen LogP contribution in [0.4, 0.5) is 0 Å². The SMILES string of the molecule is Cc1cc(-c2nc(Cl)c(I)c(C3CCCC3)n2)cc(C)n1. The van der Waals surface area contributed by atoms with E-state index in [0.717, 1.165) is 32.0 Å². The van der Waals surface area contributed by atoms with Gasteiger partial charge in [0.05, 0.1) is 9.26 Å². The van der Waals surface area contributed by atoms with E-state index in [1.807, 2.05) is 26.0 Å². The predicted octanol–water partition coefficient (Wildman–Crippen LogP) is 5.07. The van der Waals surface area contributed by atoms with Crippen LogP contribution in [0.5, 0.6) is 0 Å². The normalized spacial score (nSPS) is 15.6. The average Bonchev–Trinajstić information content (AvgIpc) is 2.94. The maximum Gasteiger partial charge on any atom is 0.161 e. The lowest BCUT2D eigenvalue weighted by Gasteiger charge is -2.14. The summed E-state index contributed by atoms with van der Waals surface area (Å²) in [4.78, 5) is 13.7. The van der Waals surface area contributed by atoms with E-state index >= 15 is 0 Å². The molecule has 0 unspecified atom stereocenters. The van der Waals surface area contributed by atoms with Crippen LogP contribution >= 0.6 is 34.2 Å². The first kappa shape index (κ1) is 15.2. The minimum absolute atomic E-state index is 0.528. The Labute approximate surface area is 143 Å². The van der Waals surface area contributed by atoms with Gasteiger partial charge in [0.15, 0.2) is 5.82 Å². The van der Waals surface area contributed by atoms with Crippen molar-refractivity contribution in [1.29, 1.82) is 0 Å².